The number of piperidine rings is 1. The third-order valence-corrected chi connectivity index (χ3v) is 9.83. The van der Waals surface area contributed by atoms with E-state index in [0.717, 1.165) is 54.4 Å². The van der Waals surface area contributed by atoms with Crippen molar-refractivity contribution in [1.82, 2.24) is 14.8 Å². The summed E-state index contributed by atoms with van der Waals surface area (Å²) in [6.07, 6.45) is -0.240. The van der Waals surface area contributed by atoms with Gasteiger partial charge in [0.2, 0.25) is 5.91 Å². The lowest BCUT2D eigenvalue weighted by Gasteiger charge is -2.30. The standard InChI is InChI=1S/C29H40N4O.C8H7F3S/c1-7-29(34)31-17-21(3)14-22(4)23(5)18-33-26(16-30)15-27-24(6)25(8-9-28(27)33)19-32-12-10-20(2)11-13-32;1-5-3-7(12-6(5)2)4-8(9,10)11/h7-9,15,20-22H,1,5,10-14,17-19H2,2-4,6H3,(H,31,34);3H,1-2,4H2. The fourth-order valence-corrected chi connectivity index (χ4v) is 6.73. The first-order chi connectivity index (χ1) is 21.6. The minimum absolute atomic E-state index is 0.139. The van der Waals surface area contributed by atoms with Crippen molar-refractivity contribution in [2.75, 3.05) is 19.6 Å². The third-order valence-electron chi connectivity index (χ3n) is 8.80. The van der Waals surface area contributed by atoms with Gasteiger partial charge < -0.3 is 9.88 Å². The minimum Gasteiger partial charge on any atom is -0.352 e. The number of amides is 1. The number of alkyl halides is 3. The van der Waals surface area contributed by atoms with Gasteiger partial charge in [-0.05, 0) is 97.7 Å². The molecule has 1 saturated heterocycles. The van der Waals surface area contributed by atoms with Crippen LogP contribution in [0.4, 0.5) is 13.2 Å². The molecule has 1 amide bonds. The molecule has 2 aromatic heterocycles. The van der Waals surface area contributed by atoms with Crippen molar-refractivity contribution in [2.45, 2.75) is 72.6 Å². The number of thiophene rings is 1. The molecule has 1 aliphatic heterocycles. The molecule has 9 heteroatoms. The average molecular weight is 653 g/mol. The van der Waals surface area contributed by atoms with Crippen LogP contribution in [-0.2, 0) is 24.3 Å². The molecule has 248 valence electrons. The van der Waals surface area contributed by atoms with E-state index in [0.29, 0.717) is 34.5 Å². The number of likely N-dealkylation sites (tertiary alicyclic amines) is 1. The van der Waals surface area contributed by atoms with Crippen molar-refractivity contribution >= 4 is 41.3 Å². The zero-order chi connectivity index (χ0) is 34.2. The van der Waals surface area contributed by atoms with Crippen LogP contribution in [0.1, 0.15) is 61.7 Å². The van der Waals surface area contributed by atoms with E-state index in [-0.39, 0.29) is 16.7 Å². The molecule has 0 saturated carbocycles. The fraction of sp³-hybridized carbons (Fsp3) is 0.459. The first-order valence-corrected chi connectivity index (χ1v) is 16.6. The number of carbonyl (C=O) groups is 1. The van der Waals surface area contributed by atoms with E-state index in [1.807, 2.05) is 6.07 Å². The predicted molar refractivity (Wildman–Crippen MR) is 185 cm³/mol. The normalized spacial score (nSPS) is 15.4. The Bertz CT molecular complexity index is 1640. The van der Waals surface area contributed by atoms with E-state index in [4.69, 9.17) is 0 Å². The second-order valence-electron chi connectivity index (χ2n) is 12.8. The number of hydrogen-bond acceptors (Lipinski definition) is 4. The van der Waals surface area contributed by atoms with Crippen molar-refractivity contribution in [3.63, 3.8) is 0 Å². The molecule has 4 rings (SSSR count). The van der Waals surface area contributed by atoms with Crippen LogP contribution in [0.15, 0.2) is 49.1 Å². The van der Waals surface area contributed by atoms with Gasteiger partial charge in [-0.3, -0.25) is 9.69 Å². The molecular formula is C37H47F3N4OS. The van der Waals surface area contributed by atoms with Crippen LogP contribution in [0.25, 0.3) is 24.1 Å². The van der Waals surface area contributed by atoms with Crippen molar-refractivity contribution in [3.8, 4) is 6.07 Å². The topological polar surface area (TPSA) is 61.1 Å². The number of nitrogens with zero attached hydrogens (tertiary/aromatic N) is 3. The van der Waals surface area contributed by atoms with E-state index >= 15 is 0 Å². The Hall–Kier alpha value is -3.61. The maximum Gasteiger partial charge on any atom is 0.393 e. The molecule has 2 atom stereocenters. The number of carbonyl (C=O) groups excluding carboxylic acids is 1. The van der Waals surface area contributed by atoms with Gasteiger partial charge in [0.1, 0.15) is 11.8 Å². The molecule has 0 radical (unpaired) electrons. The summed E-state index contributed by atoms with van der Waals surface area (Å²) in [6, 6.07) is 10.3. The Labute approximate surface area is 275 Å². The Morgan fingerprint density at radius 3 is 2.46 bits per heavy atom. The van der Waals surface area contributed by atoms with Crippen molar-refractivity contribution in [2.24, 2.45) is 17.8 Å². The molecule has 5 nitrogen and oxygen atoms in total. The summed E-state index contributed by atoms with van der Waals surface area (Å²) in [5.41, 5.74) is 5.51. The van der Waals surface area contributed by atoms with Gasteiger partial charge in [-0.2, -0.15) is 18.4 Å². The van der Waals surface area contributed by atoms with E-state index < -0.39 is 12.6 Å². The number of hydrogen-bond donors (Lipinski definition) is 1. The molecule has 0 spiro atoms. The minimum atomic E-state index is -4.14. The number of nitrogens with one attached hydrogen (secondary N) is 1. The van der Waals surface area contributed by atoms with Crippen LogP contribution < -0.4 is 15.1 Å². The van der Waals surface area contributed by atoms with Crippen LogP contribution in [0.2, 0.25) is 0 Å². The van der Waals surface area contributed by atoms with E-state index in [1.54, 1.807) is 0 Å². The second kappa shape index (κ2) is 16.3. The second-order valence-corrected chi connectivity index (χ2v) is 14.0. The van der Waals surface area contributed by atoms with Crippen LogP contribution >= 0.6 is 11.3 Å². The largest absolute Gasteiger partial charge is 0.393 e. The van der Waals surface area contributed by atoms with Crippen molar-refractivity contribution in [3.05, 3.63) is 80.5 Å². The van der Waals surface area contributed by atoms with Gasteiger partial charge in [-0.1, -0.05) is 58.7 Å². The smallest absolute Gasteiger partial charge is 0.352 e. The highest BCUT2D eigenvalue weighted by Crippen LogP contribution is 2.30. The van der Waals surface area contributed by atoms with Gasteiger partial charge in [-0.15, -0.1) is 11.3 Å². The zero-order valence-electron chi connectivity index (χ0n) is 27.6. The summed E-state index contributed by atoms with van der Waals surface area (Å²) in [5, 5.41) is 14.5. The first-order valence-electron chi connectivity index (χ1n) is 15.8. The molecule has 1 aliphatic rings. The Balaban J connectivity index is 0.000000402. The number of aryl methyl sites for hydroxylation is 1. The van der Waals surface area contributed by atoms with Gasteiger partial charge in [0.25, 0.3) is 0 Å². The summed E-state index contributed by atoms with van der Waals surface area (Å²) in [4.78, 5) is 14.3. The molecule has 46 heavy (non-hydrogen) atoms. The fourth-order valence-electron chi connectivity index (χ4n) is 5.79. The maximum absolute atomic E-state index is 11.8. The number of halogens is 3. The van der Waals surface area contributed by atoms with Gasteiger partial charge in [0.05, 0.1) is 6.42 Å². The van der Waals surface area contributed by atoms with Crippen molar-refractivity contribution in [1.29, 1.82) is 5.26 Å². The van der Waals surface area contributed by atoms with Crippen LogP contribution in [0, 0.1) is 36.0 Å². The van der Waals surface area contributed by atoms with E-state index in [1.165, 1.54) is 41.5 Å². The number of benzene rings is 1. The highest BCUT2D eigenvalue weighted by atomic mass is 32.1. The van der Waals surface area contributed by atoms with Crippen LogP contribution in [0.5, 0.6) is 0 Å². The summed E-state index contributed by atoms with van der Waals surface area (Å²) < 4.78 is 38.3. The Kier molecular flexibility index (Phi) is 13.0. The highest BCUT2D eigenvalue weighted by molar-refractivity contribution is 7.09. The summed E-state index contributed by atoms with van der Waals surface area (Å²) >= 11 is 1.05. The monoisotopic (exact) mass is 652 g/mol. The summed E-state index contributed by atoms with van der Waals surface area (Å²) in [5.74, 6) is 1.30. The number of fused-ring (bicyclic) bond motifs is 1. The Morgan fingerprint density at radius 2 is 1.89 bits per heavy atom. The van der Waals surface area contributed by atoms with Gasteiger partial charge in [0, 0.05) is 39.9 Å². The SMILES string of the molecule is C=CC(=O)NCC(C)CC(C)C(=C)Cn1c(C#N)cc2c(C)c(CN3CCC(C)CC3)ccc21.C=c1cc(CC(F)(F)F)sc1=C. The highest BCUT2D eigenvalue weighted by Gasteiger charge is 2.28. The van der Waals surface area contributed by atoms with Gasteiger partial charge in [-0.25, -0.2) is 0 Å². The molecule has 0 aliphatic carbocycles. The number of nitriles is 1. The lowest BCUT2D eigenvalue weighted by atomic mass is 9.91. The van der Waals surface area contributed by atoms with E-state index in [9.17, 15) is 23.2 Å². The number of aromatic nitrogens is 1. The molecule has 2 unspecified atom stereocenters. The van der Waals surface area contributed by atoms with Crippen LogP contribution in [-0.4, -0.2) is 41.2 Å². The zero-order valence-corrected chi connectivity index (χ0v) is 28.4. The molecule has 3 aromatic rings. The summed E-state index contributed by atoms with van der Waals surface area (Å²) in [6.45, 7) is 28.4. The first kappa shape index (κ1) is 36.9. The number of rotatable bonds is 11. The molecule has 1 aromatic carbocycles. The lowest BCUT2D eigenvalue weighted by Crippen LogP contribution is -2.32. The molecule has 1 fully saturated rings. The predicted octanol–water partition coefficient (Wildman–Crippen LogP) is 7.25. The molecule has 1 N–H and O–H groups in total. The van der Waals surface area contributed by atoms with Crippen LogP contribution in [0.3, 0.4) is 0 Å². The quantitative estimate of drug-likeness (QED) is 0.175. The lowest BCUT2D eigenvalue weighted by molar-refractivity contribution is -0.126. The van der Waals surface area contributed by atoms with Gasteiger partial charge >= 0.3 is 6.18 Å². The number of allylic oxidation sites excluding steroid dienone is 1. The Morgan fingerprint density at radius 1 is 1.22 bits per heavy atom. The summed E-state index contributed by atoms with van der Waals surface area (Å²) in [7, 11) is 0. The van der Waals surface area contributed by atoms with E-state index in [2.05, 4.69) is 87.0 Å². The molecular weight excluding hydrogens is 605 g/mol. The molecule has 0 bridgehead atoms. The van der Waals surface area contributed by atoms with Crippen molar-refractivity contribution < 1.29 is 18.0 Å². The molecule has 3 heterocycles. The third kappa shape index (κ3) is 10.5. The average Bonchev–Trinajstić information content (AvgIpc) is 3.51. The van der Waals surface area contributed by atoms with Gasteiger partial charge in [0.15, 0.2) is 0 Å². The maximum atomic E-state index is 11.8.